The van der Waals surface area contributed by atoms with Crippen LogP contribution >= 0.6 is 22.9 Å². The highest BCUT2D eigenvalue weighted by Crippen LogP contribution is 2.38. The van der Waals surface area contributed by atoms with Gasteiger partial charge in [-0.1, -0.05) is 12.1 Å². The molecule has 3 heterocycles. The summed E-state index contributed by atoms with van der Waals surface area (Å²) in [7, 11) is 0. The van der Waals surface area contributed by atoms with Gasteiger partial charge in [0.2, 0.25) is 11.2 Å². The van der Waals surface area contributed by atoms with E-state index in [1.165, 1.54) is 4.90 Å². The quantitative estimate of drug-likeness (QED) is 0.413. The Kier molecular flexibility index (Phi) is 7.67. The molecule has 0 bridgehead atoms. The number of carboxylic acid groups (broad SMARTS) is 1. The fourth-order valence-corrected chi connectivity index (χ4v) is 5.76. The third kappa shape index (κ3) is 5.88. The SMILES string of the molecule is CC(CC(=O)Nc1cccc(-c2cc3nc(Cl)nc(N4CCOCC4)c3s2)c1)N(C(=O)O)C(C)(C)C. The Morgan fingerprint density at radius 3 is 2.64 bits per heavy atom. The molecule has 1 atom stereocenters. The number of hydrogen-bond acceptors (Lipinski definition) is 7. The van der Waals surface area contributed by atoms with E-state index in [1.54, 1.807) is 18.3 Å². The summed E-state index contributed by atoms with van der Waals surface area (Å²) in [6.07, 6.45) is -0.998. The number of morpholine rings is 1. The van der Waals surface area contributed by atoms with Crippen LogP contribution in [0.5, 0.6) is 0 Å². The van der Waals surface area contributed by atoms with Crippen LogP contribution in [0.3, 0.4) is 0 Å². The molecule has 1 saturated heterocycles. The second-order valence-corrected chi connectivity index (χ2v) is 11.1. The van der Waals surface area contributed by atoms with Crippen molar-refractivity contribution in [3.05, 3.63) is 35.6 Å². The number of hydrogen-bond donors (Lipinski definition) is 2. The van der Waals surface area contributed by atoms with Crippen LogP contribution in [0.2, 0.25) is 5.28 Å². The second-order valence-electron chi connectivity index (χ2n) is 9.75. The molecule has 1 fully saturated rings. The number of carbonyl (C=O) groups excluding carboxylic acids is 1. The number of aromatic nitrogens is 2. The number of amides is 2. The molecular weight excluding hydrogens is 502 g/mol. The van der Waals surface area contributed by atoms with E-state index in [9.17, 15) is 14.7 Å². The van der Waals surface area contributed by atoms with Crippen molar-refractivity contribution in [1.82, 2.24) is 14.9 Å². The third-order valence-corrected chi connectivity index (χ3v) is 7.26. The van der Waals surface area contributed by atoms with E-state index >= 15 is 0 Å². The molecule has 0 saturated carbocycles. The first-order chi connectivity index (χ1) is 17.0. The molecule has 1 unspecified atom stereocenters. The minimum absolute atomic E-state index is 0.0493. The number of thiophene rings is 1. The van der Waals surface area contributed by atoms with E-state index in [0.29, 0.717) is 18.9 Å². The molecule has 1 aliphatic rings. The minimum Gasteiger partial charge on any atom is -0.465 e. The Hall–Kier alpha value is -2.95. The number of rotatable bonds is 6. The first-order valence-corrected chi connectivity index (χ1v) is 12.9. The van der Waals surface area contributed by atoms with Crippen LogP contribution in [0.25, 0.3) is 20.7 Å². The van der Waals surface area contributed by atoms with Crippen LogP contribution in [-0.4, -0.2) is 69.9 Å². The van der Waals surface area contributed by atoms with Crippen molar-refractivity contribution in [2.45, 2.75) is 45.7 Å². The Bertz CT molecular complexity index is 1270. The van der Waals surface area contributed by atoms with Gasteiger partial charge in [0, 0.05) is 41.7 Å². The molecule has 9 nitrogen and oxygen atoms in total. The van der Waals surface area contributed by atoms with Crippen molar-refractivity contribution in [1.29, 1.82) is 0 Å². The molecule has 4 rings (SSSR count). The van der Waals surface area contributed by atoms with Crippen LogP contribution < -0.4 is 10.2 Å². The molecule has 2 amide bonds. The van der Waals surface area contributed by atoms with Crippen molar-refractivity contribution >= 4 is 56.7 Å². The number of carbonyl (C=O) groups is 2. The normalized spacial score (nSPS) is 15.1. The summed E-state index contributed by atoms with van der Waals surface area (Å²) in [5, 5.41) is 12.7. The average molecular weight is 532 g/mol. The largest absolute Gasteiger partial charge is 0.465 e. The van der Waals surface area contributed by atoms with Crippen molar-refractivity contribution in [3.8, 4) is 10.4 Å². The molecule has 0 aliphatic carbocycles. The highest BCUT2D eigenvalue weighted by atomic mass is 35.5. The predicted molar refractivity (Wildman–Crippen MR) is 143 cm³/mol. The predicted octanol–water partition coefficient (Wildman–Crippen LogP) is 5.34. The monoisotopic (exact) mass is 531 g/mol. The van der Waals surface area contributed by atoms with Gasteiger partial charge in [-0.2, -0.15) is 4.98 Å². The summed E-state index contributed by atoms with van der Waals surface area (Å²) in [5.41, 5.74) is 1.72. The number of fused-ring (bicyclic) bond motifs is 1. The fourth-order valence-electron chi connectivity index (χ4n) is 4.48. The lowest BCUT2D eigenvalue weighted by molar-refractivity contribution is -0.117. The maximum atomic E-state index is 12.7. The number of halogens is 1. The summed E-state index contributed by atoms with van der Waals surface area (Å²) < 4.78 is 6.42. The Balaban J connectivity index is 1.54. The van der Waals surface area contributed by atoms with Crippen LogP contribution in [0.4, 0.5) is 16.3 Å². The average Bonchev–Trinajstić information content (AvgIpc) is 3.22. The number of ether oxygens (including phenoxy) is 1. The first kappa shape index (κ1) is 26.1. The zero-order valence-electron chi connectivity index (χ0n) is 20.7. The fraction of sp³-hybridized carbons (Fsp3) is 0.440. The van der Waals surface area contributed by atoms with E-state index in [-0.39, 0.29) is 17.6 Å². The molecule has 3 aromatic rings. The van der Waals surface area contributed by atoms with Crippen LogP contribution in [0, 0.1) is 0 Å². The molecule has 11 heteroatoms. The lowest BCUT2D eigenvalue weighted by Crippen LogP contribution is -2.51. The molecule has 2 N–H and O–H groups in total. The van der Waals surface area contributed by atoms with Gasteiger partial charge in [-0.05, 0) is 63.1 Å². The van der Waals surface area contributed by atoms with Gasteiger partial charge in [0.1, 0.15) is 0 Å². The molecule has 2 aromatic heterocycles. The van der Waals surface area contributed by atoms with Gasteiger partial charge >= 0.3 is 6.09 Å². The lowest BCUT2D eigenvalue weighted by Gasteiger charge is -2.37. The molecular formula is C25H30ClN5O4S. The Labute approximate surface area is 219 Å². The van der Waals surface area contributed by atoms with Gasteiger partial charge in [0.05, 0.1) is 23.4 Å². The minimum atomic E-state index is -1.05. The first-order valence-electron chi connectivity index (χ1n) is 11.8. The maximum Gasteiger partial charge on any atom is 0.407 e. The summed E-state index contributed by atoms with van der Waals surface area (Å²) in [6.45, 7) is 9.94. The molecule has 36 heavy (non-hydrogen) atoms. The van der Waals surface area contributed by atoms with Gasteiger partial charge in [0.25, 0.3) is 0 Å². The van der Waals surface area contributed by atoms with E-state index in [4.69, 9.17) is 16.3 Å². The van der Waals surface area contributed by atoms with Crippen LogP contribution in [-0.2, 0) is 9.53 Å². The highest BCUT2D eigenvalue weighted by molar-refractivity contribution is 7.22. The van der Waals surface area contributed by atoms with Gasteiger partial charge in [-0.25, -0.2) is 9.78 Å². The number of nitrogens with one attached hydrogen (secondary N) is 1. The summed E-state index contributed by atoms with van der Waals surface area (Å²) in [6, 6.07) is 9.06. The zero-order chi connectivity index (χ0) is 26.0. The van der Waals surface area contributed by atoms with E-state index < -0.39 is 17.7 Å². The van der Waals surface area contributed by atoms with Crippen molar-refractivity contribution in [2.24, 2.45) is 0 Å². The number of anilines is 2. The number of nitrogens with zero attached hydrogens (tertiary/aromatic N) is 4. The standard InChI is InChI=1S/C25H30ClN5O4S/c1-15(31(24(33)34)25(2,3)4)12-20(32)27-17-7-5-6-16(13-17)19-14-18-21(36-19)22(29-23(26)28-18)30-8-10-35-11-9-30/h5-7,13-15H,8-12H2,1-4H3,(H,27,32)(H,33,34). The highest BCUT2D eigenvalue weighted by Gasteiger charge is 2.31. The smallest absolute Gasteiger partial charge is 0.407 e. The topological polar surface area (TPSA) is 108 Å². The summed E-state index contributed by atoms with van der Waals surface area (Å²) in [5.74, 6) is 0.559. The summed E-state index contributed by atoms with van der Waals surface area (Å²) in [4.78, 5) is 37.8. The van der Waals surface area contributed by atoms with Gasteiger partial charge in [-0.15, -0.1) is 11.3 Å². The van der Waals surface area contributed by atoms with Gasteiger partial charge < -0.3 is 25.0 Å². The molecule has 1 aliphatic heterocycles. The Morgan fingerprint density at radius 1 is 1.25 bits per heavy atom. The van der Waals surface area contributed by atoms with Crippen LogP contribution in [0.15, 0.2) is 30.3 Å². The lowest BCUT2D eigenvalue weighted by atomic mass is 10.0. The third-order valence-electron chi connectivity index (χ3n) is 5.92. The van der Waals surface area contributed by atoms with E-state index in [0.717, 1.165) is 39.6 Å². The maximum absolute atomic E-state index is 12.7. The molecule has 0 spiro atoms. The van der Waals surface area contributed by atoms with E-state index in [2.05, 4.69) is 20.2 Å². The van der Waals surface area contributed by atoms with Crippen molar-refractivity contribution in [3.63, 3.8) is 0 Å². The van der Waals surface area contributed by atoms with Gasteiger partial charge in [0.15, 0.2) is 5.82 Å². The van der Waals surface area contributed by atoms with Crippen LogP contribution in [0.1, 0.15) is 34.1 Å². The Morgan fingerprint density at radius 2 is 1.97 bits per heavy atom. The molecule has 192 valence electrons. The molecule has 0 radical (unpaired) electrons. The van der Waals surface area contributed by atoms with E-state index in [1.807, 2.05) is 51.1 Å². The second kappa shape index (κ2) is 10.6. The zero-order valence-corrected chi connectivity index (χ0v) is 22.3. The van der Waals surface area contributed by atoms with Gasteiger partial charge in [-0.3, -0.25) is 4.79 Å². The van der Waals surface area contributed by atoms with Crippen molar-refractivity contribution in [2.75, 3.05) is 36.5 Å². The van der Waals surface area contributed by atoms with Crippen molar-refractivity contribution < 1.29 is 19.4 Å². The number of benzene rings is 1. The molecule has 1 aromatic carbocycles. The summed E-state index contributed by atoms with van der Waals surface area (Å²) >= 11 is 7.81.